The third kappa shape index (κ3) is 4.71. The number of phenols is 1. The average Bonchev–Trinajstić information content (AvgIpc) is 3.06. The fraction of sp³-hybridized carbons (Fsp3) is 0.333. The van der Waals surface area contributed by atoms with Crippen LogP contribution in [-0.2, 0) is 14.8 Å². The summed E-state index contributed by atoms with van der Waals surface area (Å²) in [6, 6.07) is 11.6. The molecule has 0 atom stereocenters. The van der Waals surface area contributed by atoms with E-state index in [1.165, 1.54) is 13.2 Å². The predicted octanol–water partition coefficient (Wildman–Crippen LogP) is 1.52. The zero-order valence-corrected chi connectivity index (χ0v) is 18.0. The van der Waals surface area contributed by atoms with Gasteiger partial charge in [-0.1, -0.05) is 12.1 Å². The van der Waals surface area contributed by atoms with Crippen molar-refractivity contribution in [1.82, 2.24) is 9.91 Å². The smallest absolute Gasteiger partial charge is 0.285 e. The fourth-order valence-corrected chi connectivity index (χ4v) is 4.67. The normalized spacial score (nSPS) is 18.0. The Morgan fingerprint density at radius 1 is 1.26 bits per heavy atom. The van der Waals surface area contributed by atoms with Crippen LogP contribution in [0.3, 0.4) is 0 Å². The van der Waals surface area contributed by atoms with Crippen LogP contribution < -0.4 is 4.74 Å². The van der Waals surface area contributed by atoms with Gasteiger partial charge in [0, 0.05) is 25.2 Å². The van der Waals surface area contributed by atoms with Crippen LogP contribution in [0, 0.1) is 0 Å². The van der Waals surface area contributed by atoms with Crippen LogP contribution in [-0.4, -0.2) is 82.0 Å². The van der Waals surface area contributed by atoms with Crippen molar-refractivity contribution in [3.63, 3.8) is 0 Å². The molecule has 2 aromatic rings. The number of methoxy groups -OCH3 is 1. The number of fused-ring (bicyclic) bond motifs is 1. The van der Waals surface area contributed by atoms with Gasteiger partial charge in [0.05, 0.1) is 33.1 Å². The number of nitrogens with zero attached hydrogens (tertiary/aromatic N) is 4. The summed E-state index contributed by atoms with van der Waals surface area (Å²) in [6.07, 6.45) is 1.59. The highest BCUT2D eigenvalue weighted by Crippen LogP contribution is 2.28. The van der Waals surface area contributed by atoms with Gasteiger partial charge in [-0.3, -0.25) is 4.90 Å². The number of hydrogen-bond acceptors (Lipinski definition) is 8. The minimum atomic E-state index is -3.76. The lowest BCUT2D eigenvalue weighted by atomic mass is 10.2. The molecule has 31 heavy (non-hydrogen) atoms. The summed E-state index contributed by atoms with van der Waals surface area (Å²) >= 11 is 0. The van der Waals surface area contributed by atoms with Crippen molar-refractivity contribution >= 4 is 22.1 Å². The Balaban J connectivity index is 1.63. The van der Waals surface area contributed by atoms with Gasteiger partial charge in [0.1, 0.15) is 4.90 Å². The maximum Gasteiger partial charge on any atom is 0.285 e. The lowest BCUT2D eigenvalue weighted by molar-refractivity contribution is 0.0360. The van der Waals surface area contributed by atoms with Crippen molar-refractivity contribution in [2.24, 2.45) is 9.50 Å². The van der Waals surface area contributed by atoms with E-state index < -0.39 is 10.0 Å². The van der Waals surface area contributed by atoms with E-state index in [1.807, 2.05) is 0 Å². The number of morpholine rings is 1. The molecule has 9 nitrogen and oxygen atoms in total. The topological polar surface area (TPSA) is 104 Å². The molecule has 2 aliphatic heterocycles. The number of amidine groups is 1. The predicted molar refractivity (Wildman–Crippen MR) is 116 cm³/mol. The summed E-state index contributed by atoms with van der Waals surface area (Å²) in [7, 11) is -2.28. The van der Waals surface area contributed by atoms with E-state index >= 15 is 0 Å². The molecule has 0 spiro atoms. The van der Waals surface area contributed by atoms with Crippen molar-refractivity contribution < 1.29 is 23.0 Å². The highest BCUT2D eigenvalue weighted by molar-refractivity contribution is 7.90. The molecule has 2 aliphatic rings. The average molecular weight is 445 g/mol. The van der Waals surface area contributed by atoms with Gasteiger partial charge in [-0.05, 0) is 35.9 Å². The second kappa shape index (κ2) is 9.04. The van der Waals surface area contributed by atoms with Crippen LogP contribution in [0.4, 0.5) is 0 Å². The van der Waals surface area contributed by atoms with Crippen LogP contribution in [0.2, 0.25) is 0 Å². The number of hydrazone groups is 1. The molecule has 2 heterocycles. The summed E-state index contributed by atoms with van der Waals surface area (Å²) in [6.45, 7) is 4.11. The third-order valence-corrected chi connectivity index (χ3v) is 6.46. The summed E-state index contributed by atoms with van der Waals surface area (Å²) in [5, 5.41) is 16.0. The van der Waals surface area contributed by atoms with E-state index in [0.29, 0.717) is 49.0 Å². The quantitative estimate of drug-likeness (QED) is 0.532. The largest absolute Gasteiger partial charge is 0.504 e. The lowest BCUT2D eigenvalue weighted by Gasteiger charge is -2.28. The fourth-order valence-electron chi connectivity index (χ4n) is 3.46. The SMILES string of the molecule is COc1cc(C=NN(CCN2CCOCC2)C2=NS(=O)(=O)c3ccccc32)ccc1O. The molecule has 4 rings (SSSR count). The Bertz CT molecular complexity index is 1110. The molecule has 0 unspecified atom stereocenters. The van der Waals surface area contributed by atoms with Gasteiger partial charge in [-0.25, -0.2) is 5.01 Å². The Kier molecular flexibility index (Phi) is 6.21. The Hall–Kier alpha value is -2.95. The third-order valence-electron chi connectivity index (χ3n) is 5.14. The molecular weight excluding hydrogens is 420 g/mol. The van der Waals surface area contributed by atoms with Gasteiger partial charge in [0.25, 0.3) is 10.0 Å². The first kappa shape index (κ1) is 21.3. The van der Waals surface area contributed by atoms with E-state index in [4.69, 9.17) is 9.47 Å². The highest BCUT2D eigenvalue weighted by atomic mass is 32.2. The second-order valence-corrected chi connectivity index (χ2v) is 8.71. The van der Waals surface area contributed by atoms with Crippen LogP contribution in [0.25, 0.3) is 0 Å². The Morgan fingerprint density at radius 3 is 2.81 bits per heavy atom. The second-order valence-electron chi connectivity index (χ2n) is 7.14. The van der Waals surface area contributed by atoms with Crippen LogP contribution in [0.5, 0.6) is 11.5 Å². The zero-order valence-electron chi connectivity index (χ0n) is 17.1. The maximum absolute atomic E-state index is 12.5. The van der Waals surface area contributed by atoms with Crippen LogP contribution in [0.1, 0.15) is 11.1 Å². The summed E-state index contributed by atoms with van der Waals surface area (Å²) < 4.78 is 39.6. The minimum absolute atomic E-state index is 0.0315. The number of ether oxygens (including phenoxy) is 2. The molecule has 0 amide bonds. The van der Waals surface area contributed by atoms with Gasteiger partial charge < -0.3 is 14.6 Å². The first-order chi connectivity index (χ1) is 15.0. The van der Waals surface area contributed by atoms with Gasteiger partial charge in [-0.15, -0.1) is 4.40 Å². The molecule has 10 heteroatoms. The molecule has 1 fully saturated rings. The Morgan fingerprint density at radius 2 is 2.03 bits per heavy atom. The van der Waals surface area contributed by atoms with E-state index in [-0.39, 0.29) is 10.6 Å². The molecule has 0 bridgehead atoms. The monoisotopic (exact) mass is 444 g/mol. The number of phenolic OH excluding ortho intramolecular Hbond substituents is 1. The molecule has 1 N–H and O–H groups in total. The van der Waals surface area contributed by atoms with Gasteiger partial charge in [0.15, 0.2) is 17.3 Å². The summed E-state index contributed by atoms with van der Waals surface area (Å²) in [5.74, 6) is 0.657. The molecule has 164 valence electrons. The summed E-state index contributed by atoms with van der Waals surface area (Å²) in [4.78, 5) is 2.42. The molecule has 0 radical (unpaired) electrons. The van der Waals surface area contributed by atoms with E-state index in [9.17, 15) is 13.5 Å². The van der Waals surface area contributed by atoms with E-state index in [0.717, 1.165) is 13.1 Å². The number of rotatable bonds is 6. The molecule has 0 saturated carbocycles. The maximum atomic E-state index is 12.5. The first-order valence-electron chi connectivity index (χ1n) is 9.91. The van der Waals surface area contributed by atoms with E-state index in [1.54, 1.807) is 47.6 Å². The standard InChI is InChI=1S/C21H24N4O5S/c1-29-19-14-16(6-7-18(19)26)15-22-25(9-8-24-10-12-30-13-11-24)21-17-4-2-3-5-20(17)31(27,28)23-21/h2-7,14-15,26H,8-13H2,1H3. The van der Waals surface area contributed by atoms with E-state index in [2.05, 4.69) is 14.4 Å². The van der Waals surface area contributed by atoms with Crippen molar-refractivity contribution in [1.29, 1.82) is 0 Å². The molecular formula is C21H24N4O5S. The highest BCUT2D eigenvalue weighted by Gasteiger charge is 2.31. The van der Waals surface area contributed by atoms with Crippen LogP contribution >= 0.6 is 0 Å². The number of aromatic hydroxyl groups is 1. The lowest BCUT2D eigenvalue weighted by Crippen LogP contribution is -2.41. The molecule has 0 aliphatic carbocycles. The van der Waals surface area contributed by atoms with Crippen LogP contribution in [0.15, 0.2) is 56.9 Å². The molecule has 1 saturated heterocycles. The van der Waals surface area contributed by atoms with Gasteiger partial charge >= 0.3 is 0 Å². The molecule has 0 aromatic heterocycles. The zero-order chi connectivity index (χ0) is 21.8. The van der Waals surface area contributed by atoms with Crippen molar-refractivity contribution in [3.05, 3.63) is 53.6 Å². The minimum Gasteiger partial charge on any atom is -0.504 e. The number of hydrogen-bond donors (Lipinski definition) is 1. The van der Waals surface area contributed by atoms with Crippen molar-refractivity contribution in [2.45, 2.75) is 4.90 Å². The van der Waals surface area contributed by atoms with Gasteiger partial charge in [-0.2, -0.15) is 13.5 Å². The van der Waals surface area contributed by atoms with Crippen molar-refractivity contribution in [2.75, 3.05) is 46.5 Å². The van der Waals surface area contributed by atoms with Gasteiger partial charge in [0.2, 0.25) is 0 Å². The van der Waals surface area contributed by atoms with Crippen molar-refractivity contribution in [3.8, 4) is 11.5 Å². The Labute approximate surface area is 181 Å². The molecule has 2 aromatic carbocycles. The number of sulfonamides is 1. The number of benzene rings is 2. The first-order valence-corrected chi connectivity index (χ1v) is 11.3. The summed E-state index contributed by atoms with van der Waals surface area (Å²) in [5.41, 5.74) is 1.23.